The second-order valence-electron chi connectivity index (χ2n) is 3.65. The van der Waals surface area contributed by atoms with Crippen molar-refractivity contribution in [3.63, 3.8) is 0 Å². The summed E-state index contributed by atoms with van der Waals surface area (Å²) in [6.45, 7) is 5.52. The van der Waals surface area contributed by atoms with Gasteiger partial charge in [0.2, 0.25) is 0 Å². The molecule has 0 spiro atoms. The number of nitrogens with one attached hydrogen (secondary N) is 1. The number of thioether (sulfide) groups is 1. The third-order valence-electron chi connectivity index (χ3n) is 2.42. The van der Waals surface area contributed by atoms with Gasteiger partial charge in [-0.2, -0.15) is 11.8 Å². The molecule has 1 heterocycles. The SMILES string of the molecule is CSC(C)CCNC(C)c1ccc(Cl)s1. The fourth-order valence-corrected chi connectivity index (χ4v) is 2.72. The lowest BCUT2D eigenvalue weighted by Gasteiger charge is -2.13. The molecule has 0 fully saturated rings. The Morgan fingerprint density at radius 1 is 1.47 bits per heavy atom. The molecule has 0 saturated carbocycles. The molecule has 1 nitrogen and oxygen atoms in total. The number of hydrogen-bond donors (Lipinski definition) is 1. The van der Waals surface area contributed by atoms with Crippen LogP contribution in [-0.2, 0) is 0 Å². The van der Waals surface area contributed by atoms with Crippen molar-refractivity contribution in [1.29, 1.82) is 0 Å². The minimum absolute atomic E-state index is 0.413. The van der Waals surface area contributed by atoms with Crippen LogP contribution in [0.15, 0.2) is 12.1 Å². The number of rotatable bonds is 6. The van der Waals surface area contributed by atoms with E-state index in [-0.39, 0.29) is 0 Å². The molecule has 0 aromatic carbocycles. The lowest BCUT2D eigenvalue weighted by atomic mass is 10.2. The quantitative estimate of drug-likeness (QED) is 0.826. The molecule has 1 N–H and O–H groups in total. The molecule has 0 aliphatic heterocycles. The molecule has 1 aromatic heterocycles. The highest BCUT2D eigenvalue weighted by atomic mass is 35.5. The smallest absolute Gasteiger partial charge is 0.0931 e. The monoisotopic (exact) mass is 263 g/mol. The first-order valence-electron chi connectivity index (χ1n) is 5.15. The summed E-state index contributed by atoms with van der Waals surface area (Å²) in [5, 5.41) is 4.25. The summed E-state index contributed by atoms with van der Waals surface area (Å²) in [4.78, 5) is 1.32. The third-order valence-corrected chi connectivity index (χ3v) is 4.88. The van der Waals surface area contributed by atoms with E-state index in [1.807, 2.05) is 17.8 Å². The van der Waals surface area contributed by atoms with Gasteiger partial charge in [0.25, 0.3) is 0 Å². The van der Waals surface area contributed by atoms with Gasteiger partial charge in [0, 0.05) is 16.2 Å². The Morgan fingerprint density at radius 3 is 2.73 bits per heavy atom. The van der Waals surface area contributed by atoms with Gasteiger partial charge in [0.1, 0.15) is 0 Å². The minimum atomic E-state index is 0.413. The highest BCUT2D eigenvalue weighted by Crippen LogP contribution is 2.26. The maximum atomic E-state index is 5.90. The summed E-state index contributed by atoms with van der Waals surface area (Å²) < 4.78 is 0.871. The van der Waals surface area contributed by atoms with E-state index in [0.717, 1.165) is 16.1 Å². The van der Waals surface area contributed by atoms with E-state index in [9.17, 15) is 0 Å². The molecule has 0 saturated heterocycles. The molecule has 1 aromatic rings. The van der Waals surface area contributed by atoms with E-state index in [2.05, 4.69) is 31.5 Å². The van der Waals surface area contributed by atoms with E-state index in [1.54, 1.807) is 11.3 Å². The van der Waals surface area contributed by atoms with Gasteiger partial charge in [-0.3, -0.25) is 0 Å². The lowest BCUT2D eigenvalue weighted by Crippen LogP contribution is -2.21. The highest BCUT2D eigenvalue weighted by Gasteiger charge is 2.07. The van der Waals surface area contributed by atoms with Crippen LogP contribution in [0.4, 0.5) is 0 Å². The third kappa shape index (κ3) is 4.77. The van der Waals surface area contributed by atoms with E-state index in [1.165, 1.54) is 11.3 Å². The van der Waals surface area contributed by atoms with E-state index >= 15 is 0 Å². The second-order valence-corrected chi connectivity index (χ2v) is 6.68. The van der Waals surface area contributed by atoms with Crippen LogP contribution in [0.1, 0.15) is 31.2 Å². The molecule has 1 rings (SSSR count). The van der Waals surface area contributed by atoms with Crippen LogP contribution >= 0.6 is 34.7 Å². The van der Waals surface area contributed by atoms with Crippen LogP contribution in [0.5, 0.6) is 0 Å². The first-order chi connectivity index (χ1) is 7.13. The van der Waals surface area contributed by atoms with Crippen molar-refractivity contribution in [3.05, 3.63) is 21.3 Å². The summed E-state index contributed by atoms with van der Waals surface area (Å²) >= 11 is 9.47. The van der Waals surface area contributed by atoms with Crippen molar-refractivity contribution in [2.45, 2.75) is 31.6 Å². The zero-order chi connectivity index (χ0) is 11.3. The molecule has 86 valence electrons. The maximum Gasteiger partial charge on any atom is 0.0931 e. The van der Waals surface area contributed by atoms with Crippen LogP contribution in [-0.4, -0.2) is 18.1 Å². The summed E-state index contributed by atoms with van der Waals surface area (Å²) in [6, 6.07) is 4.48. The van der Waals surface area contributed by atoms with Gasteiger partial charge in [-0.1, -0.05) is 18.5 Å². The molecule has 0 amide bonds. The molecule has 0 radical (unpaired) electrons. The van der Waals surface area contributed by atoms with Crippen molar-refractivity contribution >= 4 is 34.7 Å². The van der Waals surface area contributed by atoms with Crippen LogP contribution < -0.4 is 5.32 Å². The molecule has 4 heteroatoms. The largest absolute Gasteiger partial charge is 0.309 e. The molecule has 2 atom stereocenters. The second kappa shape index (κ2) is 6.79. The number of hydrogen-bond acceptors (Lipinski definition) is 3. The van der Waals surface area contributed by atoms with Gasteiger partial charge in [-0.15, -0.1) is 11.3 Å². The van der Waals surface area contributed by atoms with Gasteiger partial charge in [0.05, 0.1) is 4.34 Å². The predicted molar refractivity (Wildman–Crippen MR) is 73.3 cm³/mol. The van der Waals surface area contributed by atoms with Crippen molar-refractivity contribution in [3.8, 4) is 0 Å². The summed E-state index contributed by atoms with van der Waals surface area (Å²) in [5.74, 6) is 0. The standard InChI is InChI=1S/C11H18ClNS2/c1-8(14-3)6-7-13-9(2)10-4-5-11(12)15-10/h4-5,8-9,13H,6-7H2,1-3H3. The van der Waals surface area contributed by atoms with Gasteiger partial charge in [-0.25, -0.2) is 0 Å². The molecular weight excluding hydrogens is 246 g/mol. The number of halogens is 1. The molecule has 15 heavy (non-hydrogen) atoms. The average molecular weight is 264 g/mol. The fraction of sp³-hybridized carbons (Fsp3) is 0.636. The molecule has 2 unspecified atom stereocenters. The lowest BCUT2D eigenvalue weighted by molar-refractivity contribution is 0.564. The Kier molecular flexibility index (Phi) is 6.05. The molecule has 0 aliphatic rings. The molecule has 0 aliphatic carbocycles. The topological polar surface area (TPSA) is 12.0 Å². The van der Waals surface area contributed by atoms with Gasteiger partial charge in [0.15, 0.2) is 0 Å². The van der Waals surface area contributed by atoms with Crippen LogP contribution in [0.3, 0.4) is 0 Å². The van der Waals surface area contributed by atoms with Gasteiger partial charge in [-0.05, 0) is 38.3 Å². The zero-order valence-electron chi connectivity index (χ0n) is 9.42. The van der Waals surface area contributed by atoms with Crippen LogP contribution in [0.25, 0.3) is 0 Å². The fourth-order valence-electron chi connectivity index (χ4n) is 1.28. The Bertz CT molecular complexity index is 288. The maximum absolute atomic E-state index is 5.90. The van der Waals surface area contributed by atoms with E-state index in [0.29, 0.717) is 6.04 Å². The zero-order valence-corrected chi connectivity index (χ0v) is 11.8. The highest BCUT2D eigenvalue weighted by molar-refractivity contribution is 7.99. The Hall–Kier alpha value is 0.300. The minimum Gasteiger partial charge on any atom is -0.309 e. The van der Waals surface area contributed by atoms with E-state index in [4.69, 9.17) is 11.6 Å². The molecular formula is C11H18ClNS2. The number of thiophene rings is 1. The van der Waals surface area contributed by atoms with Gasteiger partial charge < -0.3 is 5.32 Å². The van der Waals surface area contributed by atoms with Gasteiger partial charge >= 0.3 is 0 Å². The summed E-state index contributed by atoms with van der Waals surface area (Å²) in [5.41, 5.74) is 0. The average Bonchev–Trinajstić information content (AvgIpc) is 2.64. The van der Waals surface area contributed by atoms with Crippen LogP contribution in [0.2, 0.25) is 4.34 Å². The Balaban J connectivity index is 2.27. The Labute approximate surface area is 106 Å². The van der Waals surface area contributed by atoms with E-state index < -0.39 is 0 Å². The summed E-state index contributed by atoms with van der Waals surface area (Å²) in [6.07, 6.45) is 3.37. The van der Waals surface area contributed by atoms with Crippen molar-refractivity contribution in [2.75, 3.05) is 12.8 Å². The van der Waals surface area contributed by atoms with Crippen molar-refractivity contribution in [1.82, 2.24) is 5.32 Å². The summed E-state index contributed by atoms with van der Waals surface area (Å²) in [7, 11) is 0. The van der Waals surface area contributed by atoms with Crippen LogP contribution in [0, 0.1) is 0 Å². The molecule has 0 bridgehead atoms. The Morgan fingerprint density at radius 2 is 2.20 bits per heavy atom. The van der Waals surface area contributed by atoms with Crippen molar-refractivity contribution in [2.24, 2.45) is 0 Å². The first kappa shape index (κ1) is 13.4. The van der Waals surface area contributed by atoms with Crippen molar-refractivity contribution < 1.29 is 0 Å². The first-order valence-corrected chi connectivity index (χ1v) is 7.63. The predicted octanol–water partition coefficient (Wildman–Crippen LogP) is 4.19. The normalized spacial score (nSPS) is 15.2.